The fraction of sp³-hybridized carbons (Fsp3) is 0.250. The van der Waals surface area contributed by atoms with Crippen LogP contribution in [0.25, 0.3) is 11.1 Å². The first kappa shape index (κ1) is 14.2. The first-order valence-corrected chi connectivity index (χ1v) is 7.74. The van der Waals surface area contributed by atoms with Crippen LogP contribution in [0, 0.1) is 0 Å². The lowest BCUT2D eigenvalue weighted by atomic mass is 9.99. The molecule has 104 valence electrons. The molecule has 0 unspecified atom stereocenters. The van der Waals surface area contributed by atoms with E-state index < -0.39 is 0 Å². The summed E-state index contributed by atoms with van der Waals surface area (Å²) in [5.41, 5.74) is 3.25. The van der Waals surface area contributed by atoms with E-state index >= 15 is 0 Å². The van der Waals surface area contributed by atoms with E-state index in [0.29, 0.717) is 16.1 Å². The van der Waals surface area contributed by atoms with Crippen molar-refractivity contribution in [2.24, 2.45) is 0 Å². The Labute approximate surface area is 133 Å². The number of rotatable bonds is 4. The topological polar surface area (TPSA) is 12.0 Å². The third kappa shape index (κ3) is 3.29. The first-order valence-electron chi connectivity index (χ1n) is 6.61. The molecule has 4 heteroatoms. The highest BCUT2D eigenvalue weighted by atomic mass is 35.5. The van der Waals surface area contributed by atoms with Crippen LogP contribution in [0.3, 0.4) is 0 Å². The van der Waals surface area contributed by atoms with Crippen LogP contribution in [0.15, 0.2) is 36.4 Å². The molecule has 20 heavy (non-hydrogen) atoms. The van der Waals surface area contributed by atoms with Crippen LogP contribution in [0.5, 0.6) is 0 Å². The second-order valence-corrected chi connectivity index (χ2v) is 6.36. The molecule has 1 N–H and O–H groups in total. The predicted molar refractivity (Wildman–Crippen MR) is 86.8 cm³/mol. The van der Waals surface area contributed by atoms with Gasteiger partial charge in [-0.25, -0.2) is 0 Å². The molecule has 0 radical (unpaired) electrons. The van der Waals surface area contributed by atoms with Gasteiger partial charge in [0.1, 0.15) is 0 Å². The molecule has 1 nitrogen and oxygen atoms in total. The zero-order chi connectivity index (χ0) is 14.1. The van der Waals surface area contributed by atoms with Crippen LogP contribution >= 0.6 is 34.8 Å². The normalized spacial score (nSPS) is 14.6. The van der Waals surface area contributed by atoms with Crippen molar-refractivity contribution in [2.75, 3.05) is 0 Å². The molecule has 0 amide bonds. The van der Waals surface area contributed by atoms with Gasteiger partial charge in [0.05, 0.1) is 0 Å². The third-order valence-electron chi connectivity index (χ3n) is 3.45. The quantitative estimate of drug-likeness (QED) is 0.775. The smallest absolute Gasteiger partial charge is 0.0499 e. The van der Waals surface area contributed by atoms with E-state index in [9.17, 15) is 0 Å². The van der Waals surface area contributed by atoms with E-state index in [1.165, 1.54) is 12.8 Å². The molecular weight excluding hydrogens is 313 g/mol. The molecule has 0 spiro atoms. The van der Waals surface area contributed by atoms with Gasteiger partial charge in [-0.2, -0.15) is 0 Å². The van der Waals surface area contributed by atoms with Crippen molar-refractivity contribution in [3.63, 3.8) is 0 Å². The van der Waals surface area contributed by atoms with Gasteiger partial charge in [-0.3, -0.25) is 0 Å². The van der Waals surface area contributed by atoms with E-state index in [1.54, 1.807) is 6.07 Å². The van der Waals surface area contributed by atoms with Gasteiger partial charge in [0.25, 0.3) is 0 Å². The van der Waals surface area contributed by atoms with E-state index in [4.69, 9.17) is 34.8 Å². The zero-order valence-electron chi connectivity index (χ0n) is 10.8. The predicted octanol–water partition coefficient (Wildman–Crippen LogP) is 5.57. The molecule has 0 atom stereocenters. The second-order valence-electron chi connectivity index (χ2n) is 5.08. The van der Waals surface area contributed by atoms with Crippen LogP contribution in [-0.4, -0.2) is 6.04 Å². The molecule has 0 aliphatic heterocycles. The lowest BCUT2D eigenvalue weighted by molar-refractivity contribution is 0.689. The van der Waals surface area contributed by atoms with Crippen LogP contribution in [0.1, 0.15) is 18.4 Å². The van der Waals surface area contributed by atoms with Gasteiger partial charge in [-0.05, 0) is 48.2 Å². The van der Waals surface area contributed by atoms with E-state index in [-0.39, 0.29) is 0 Å². The SMILES string of the molecule is Clc1ccc(-c2ccc(Cl)cc2CNC2CC2)c(Cl)c1. The maximum atomic E-state index is 6.31. The highest BCUT2D eigenvalue weighted by Crippen LogP contribution is 2.34. The zero-order valence-corrected chi connectivity index (χ0v) is 13.1. The highest BCUT2D eigenvalue weighted by molar-refractivity contribution is 6.36. The standard InChI is InChI=1S/C16H14Cl3N/c17-11-1-5-14(10(7-11)9-20-13-3-4-13)15-6-2-12(18)8-16(15)19/h1-2,5-8,13,20H,3-4,9H2. The van der Waals surface area contributed by atoms with Gasteiger partial charge in [0.15, 0.2) is 0 Å². The Bertz CT molecular complexity index is 636. The lowest BCUT2D eigenvalue weighted by Gasteiger charge is -2.13. The van der Waals surface area contributed by atoms with Crippen molar-refractivity contribution in [3.05, 3.63) is 57.0 Å². The molecule has 1 aliphatic rings. The minimum Gasteiger partial charge on any atom is -0.310 e. The van der Waals surface area contributed by atoms with Crippen molar-refractivity contribution in [1.82, 2.24) is 5.32 Å². The van der Waals surface area contributed by atoms with Crippen molar-refractivity contribution < 1.29 is 0 Å². The van der Waals surface area contributed by atoms with Crippen molar-refractivity contribution in [3.8, 4) is 11.1 Å². The Morgan fingerprint density at radius 1 is 0.900 bits per heavy atom. The molecule has 1 aliphatic carbocycles. The number of nitrogens with one attached hydrogen (secondary N) is 1. The first-order chi connectivity index (χ1) is 9.63. The average molecular weight is 327 g/mol. The second kappa shape index (κ2) is 5.95. The Kier molecular flexibility index (Phi) is 4.23. The summed E-state index contributed by atoms with van der Waals surface area (Å²) in [7, 11) is 0. The molecule has 2 aromatic carbocycles. The minimum atomic E-state index is 0.644. The summed E-state index contributed by atoms with van der Waals surface area (Å²) in [6, 6.07) is 12.1. The highest BCUT2D eigenvalue weighted by Gasteiger charge is 2.21. The summed E-state index contributed by atoms with van der Waals surface area (Å²) >= 11 is 18.4. The maximum Gasteiger partial charge on any atom is 0.0499 e. The van der Waals surface area contributed by atoms with E-state index in [0.717, 1.165) is 28.3 Å². The van der Waals surface area contributed by atoms with Crippen LogP contribution in [-0.2, 0) is 6.54 Å². The van der Waals surface area contributed by atoms with Gasteiger partial charge >= 0.3 is 0 Å². The summed E-state index contributed by atoms with van der Waals surface area (Å²) in [6.07, 6.45) is 2.52. The van der Waals surface area contributed by atoms with E-state index in [2.05, 4.69) is 5.32 Å². The third-order valence-corrected chi connectivity index (χ3v) is 4.23. The van der Waals surface area contributed by atoms with Crippen molar-refractivity contribution in [2.45, 2.75) is 25.4 Å². The molecule has 0 heterocycles. The fourth-order valence-corrected chi connectivity index (χ4v) is 2.93. The summed E-state index contributed by atoms with van der Waals surface area (Å²) < 4.78 is 0. The molecule has 1 fully saturated rings. The Balaban J connectivity index is 1.97. The number of hydrogen-bond donors (Lipinski definition) is 1. The van der Waals surface area contributed by atoms with Crippen molar-refractivity contribution >= 4 is 34.8 Å². The Morgan fingerprint density at radius 2 is 1.55 bits per heavy atom. The van der Waals surface area contributed by atoms with Gasteiger partial charge in [0, 0.05) is 33.2 Å². The monoisotopic (exact) mass is 325 g/mol. The van der Waals surface area contributed by atoms with Crippen LogP contribution < -0.4 is 5.32 Å². The fourth-order valence-electron chi connectivity index (χ4n) is 2.22. The molecule has 0 aromatic heterocycles. The minimum absolute atomic E-state index is 0.644. The molecule has 0 saturated heterocycles. The largest absolute Gasteiger partial charge is 0.310 e. The number of benzene rings is 2. The maximum absolute atomic E-state index is 6.31. The summed E-state index contributed by atoms with van der Waals surface area (Å²) in [6.45, 7) is 0.805. The number of hydrogen-bond acceptors (Lipinski definition) is 1. The summed E-state index contributed by atoms with van der Waals surface area (Å²) in [5, 5.41) is 5.56. The average Bonchev–Trinajstić information content (AvgIpc) is 3.21. The molecule has 3 rings (SSSR count). The molecule has 1 saturated carbocycles. The molecule has 2 aromatic rings. The number of halogens is 3. The van der Waals surface area contributed by atoms with Crippen LogP contribution in [0.4, 0.5) is 0 Å². The molecule has 0 bridgehead atoms. The molecular formula is C16H14Cl3N. The Morgan fingerprint density at radius 3 is 2.20 bits per heavy atom. The van der Waals surface area contributed by atoms with Gasteiger partial charge in [-0.15, -0.1) is 0 Å². The van der Waals surface area contributed by atoms with Gasteiger partial charge < -0.3 is 5.32 Å². The van der Waals surface area contributed by atoms with Gasteiger partial charge in [0.2, 0.25) is 0 Å². The van der Waals surface area contributed by atoms with Crippen molar-refractivity contribution in [1.29, 1.82) is 0 Å². The summed E-state index contributed by atoms with van der Waals surface area (Å²) in [5.74, 6) is 0. The van der Waals surface area contributed by atoms with E-state index in [1.807, 2.05) is 30.3 Å². The Hall–Kier alpha value is -0.730. The summed E-state index contributed by atoms with van der Waals surface area (Å²) in [4.78, 5) is 0. The lowest BCUT2D eigenvalue weighted by Crippen LogP contribution is -2.15. The van der Waals surface area contributed by atoms with Gasteiger partial charge in [-0.1, -0.05) is 46.9 Å². The van der Waals surface area contributed by atoms with Crippen LogP contribution in [0.2, 0.25) is 15.1 Å².